The largest absolute Gasteiger partial charge is 0.504 e. The molecule has 0 fully saturated rings. The number of carbonyl (C=O) groups is 2. The number of aryl methyl sites for hydroxylation is 1. The minimum absolute atomic E-state index is 0.0174. The third-order valence-corrected chi connectivity index (χ3v) is 5.54. The van der Waals surface area contributed by atoms with E-state index >= 15 is 0 Å². The fourth-order valence-electron chi connectivity index (χ4n) is 4.09. The summed E-state index contributed by atoms with van der Waals surface area (Å²) >= 11 is 0. The van der Waals surface area contributed by atoms with Crippen LogP contribution in [0.2, 0.25) is 0 Å². The number of phenolic OH excluding ortho intramolecular Hbond substituents is 1. The van der Waals surface area contributed by atoms with E-state index in [1.54, 1.807) is 29.9 Å². The lowest BCUT2D eigenvalue weighted by Crippen LogP contribution is -2.22. The van der Waals surface area contributed by atoms with Gasteiger partial charge in [0.25, 0.3) is 11.8 Å². The Balaban J connectivity index is 1.79. The quantitative estimate of drug-likeness (QED) is 0.461. The van der Waals surface area contributed by atoms with Crippen molar-refractivity contribution in [3.8, 4) is 11.5 Å². The lowest BCUT2D eigenvalue weighted by Gasteiger charge is -2.08. The number of nitrogens with one attached hydrogen (secondary N) is 1. The van der Waals surface area contributed by atoms with Crippen LogP contribution in [0, 0.1) is 5.82 Å². The summed E-state index contributed by atoms with van der Waals surface area (Å²) < 4.78 is 26.8. The molecule has 7 nitrogen and oxygen atoms in total. The number of imide groups is 1. The van der Waals surface area contributed by atoms with Gasteiger partial charge >= 0.3 is 0 Å². The monoisotopic (exact) mass is 434 g/mol. The van der Waals surface area contributed by atoms with Crippen LogP contribution in [0.4, 0.5) is 4.39 Å². The Morgan fingerprint density at radius 1 is 1.09 bits per heavy atom. The average molecular weight is 434 g/mol. The second kappa shape index (κ2) is 7.26. The highest BCUT2D eigenvalue weighted by Gasteiger charge is 2.35. The average Bonchev–Trinajstić information content (AvgIpc) is 3.39. The van der Waals surface area contributed by atoms with Crippen molar-refractivity contribution in [2.75, 3.05) is 6.61 Å². The van der Waals surface area contributed by atoms with E-state index in [0.717, 1.165) is 6.42 Å². The van der Waals surface area contributed by atoms with Crippen LogP contribution in [0.1, 0.15) is 24.5 Å². The van der Waals surface area contributed by atoms with Crippen molar-refractivity contribution in [3.05, 3.63) is 59.7 Å². The van der Waals surface area contributed by atoms with Crippen molar-refractivity contribution in [2.24, 2.45) is 7.05 Å². The first-order valence-corrected chi connectivity index (χ1v) is 10.1. The molecule has 0 bridgehead atoms. The molecule has 5 rings (SSSR count). The number of ether oxygens (including phenoxy) is 1. The number of furan rings is 1. The van der Waals surface area contributed by atoms with Gasteiger partial charge in [-0.3, -0.25) is 14.9 Å². The molecule has 3 heterocycles. The molecule has 4 aromatic rings. The van der Waals surface area contributed by atoms with E-state index in [0.29, 0.717) is 39.6 Å². The van der Waals surface area contributed by atoms with Gasteiger partial charge < -0.3 is 18.8 Å². The fourth-order valence-corrected chi connectivity index (χ4v) is 4.09. The second-order valence-electron chi connectivity index (χ2n) is 7.66. The molecule has 32 heavy (non-hydrogen) atoms. The van der Waals surface area contributed by atoms with E-state index in [2.05, 4.69) is 5.32 Å². The van der Waals surface area contributed by atoms with Gasteiger partial charge in [0, 0.05) is 41.2 Å². The van der Waals surface area contributed by atoms with Crippen molar-refractivity contribution in [2.45, 2.75) is 13.3 Å². The van der Waals surface area contributed by atoms with Gasteiger partial charge in [-0.05, 0) is 30.7 Å². The number of fused-ring (bicyclic) bond motifs is 2. The lowest BCUT2D eigenvalue weighted by atomic mass is 9.95. The van der Waals surface area contributed by atoms with E-state index in [1.165, 1.54) is 24.5 Å². The zero-order chi connectivity index (χ0) is 22.6. The molecule has 0 saturated carbocycles. The maximum atomic E-state index is 13.9. The predicted molar refractivity (Wildman–Crippen MR) is 117 cm³/mol. The lowest BCUT2D eigenvalue weighted by molar-refractivity contribution is -0.122. The number of aromatic nitrogens is 1. The third kappa shape index (κ3) is 2.95. The number of hydrogen-bond acceptors (Lipinski definition) is 5. The van der Waals surface area contributed by atoms with Crippen LogP contribution in [0.15, 0.2) is 47.2 Å². The van der Waals surface area contributed by atoms with Crippen LogP contribution >= 0.6 is 0 Å². The molecular weight excluding hydrogens is 415 g/mol. The van der Waals surface area contributed by atoms with Crippen molar-refractivity contribution in [1.82, 2.24) is 9.88 Å². The number of carbonyl (C=O) groups excluding carboxylic acids is 2. The van der Waals surface area contributed by atoms with Crippen LogP contribution in [-0.2, 0) is 16.6 Å². The standard InChI is InChI=1S/C24H19FN2O5/c1-3-6-31-20-8-13-15(10-27(2)17(13)9-18(20)28)21-22(24(30)26-23(21)29)16-11-32-19-5-4-12(25)7-14(16)19/h4-5,7-11,28H,3,6H2,1-2H3,(H,26,29,30). The molecule has 1 aliphatic heterocycles. The van der Waals surface area contributed by atoms with Gasteiger partial charge in [0.05, 0.1) is 29.5 Å². The van der Waals surface area contributed by atoms with Crippen molar-refractivity contribution in [1.29, 1.82) is 0 Å². The number of amides is 2. The number of phenols is 1. The zero-order valence-electron chi connectivity index (χ0n) is 17.4. The summed E-state index contributed by atoms with van der Waals surface area (Å²) in [6.07, 6.45) is 3.82. The molecule has 2 aromatic heterocycles. The highest BCUT2D eigenvalue weighted by molar-refractivity contribution is 6.50. The van der Waals surface area contributed by atoms with Gasteiger partial charge in [-0.15, -0.1) is 0 Å². The van der Waals surface area contributed by atoms with Crippen LogP contribution in [0.5, 0.6) is 11.5 Å². The molecule has 0 unspecified atom stereocenters. The molecular formula is C24H19FN2O5. The minimum Gasteiger partial charge on any atom is -0.504 e. The highest BCUT2D eigenvalue weighted by atomic mass is 19.1. The molecule has 2 amide bonds. The third-order valence-electron chi connectivity index (χ3n) is 5.54. The van der Waals surface area contributed by atoms with Gasteiger partial charge in [-0.25, -0.2) is 4.39 Å². The Kier molecular flexibility index (Phi) is 4.51. The number of rotatable bonds is 5. The van der Waals surface area contributed by atoms with E-state index < -0.39 is 17.6 Å². The number of benzene rings is 2. The maximum Gasteiger partial charge on any atom is 0.259 e. The zero-order valence-corrected chi connectivity index (χ0v) is 17.4. The maximum absolute atomic E-state index is 13.9. The first-order valence-electron chi connectivity index (χ1n) is 10.1. The van der Waals surface area contributed by atoms with E-state index in [4.69, 9.17) is 9.15 Å². The topological polar surface area (TPSA) is 93.7 Å². The van der Waals surface area contributed by atoms with Crippen LogP contribution in [0.25, 0.3) is 33.0 Å². The normalized spacial score (nSPS) is 14.1. The SMILES string of the molecule is CCCOc1cc2c(C3=C(c4coc5ccc(F)cc45)C(=O)NC3=O)cn(C)c2cc1O. The number of halogens is 1. The molecule has 0 radical (unpaired) electrons. The Morgan fingerprint density at radius 2 is 1.84 bits per heavy atom. The van der Waals surface area contributed by atoms with E-state index in [1.807, 2.05) is 6.92 Å². The molecule has 0 spiro atoms. The predicted octanol–water partition coefficient (Wildman–Crippen LogP) is 4.13. The Hall–Kier alpha value is -4.07. The molecule has 0 atom stereocenters. The number of hydrogen-bond donors (Lipinski definition) is 2. The summed E-state index contributed by atoms with van der Waals surface area (Å²) in [5.41, 5.74) is 2.14. The van der Waals surface area contributed by atoms with Gasteiger partial charge in [0.1, 0.15) is 11.4 Å². The summed E-state index contributed by atoms with van der Waals surface area (Å²) in [5, 5.41) is 13.7. The second-order valence-corrected chi connectivity index (χ2v) is 7.66. The fraction of sp³-hybridized carbons (Fsp3) is 0.167. The summed E-state index contributed by atoms with van der Waals surface area (Å²) in [6, 6.07) is 7.22. The van der Waals surface area contributed by atoms with Crippen molar-refractivity contribution >= 4 is 44.8 Å². The molecule has 0 aliphatic carbocycles. The van der Waals surface area contributed by atoms with Gasteiger partial charge in [-0.2, -0.15) is 0 Å². The molecule has 1 aliphatic rings. The Labute approximate surface area is 181 Å². The molecule has 2 aromatic carbocycles. The van der Waals surface area contributed by atoms with Gasteiger partial charge in [0.2, 0.25) is 0 Å². The summed E-state index contributed by atoms with van der Waals surface area (Å²) in [7, 11) is 1.77. The molecule has 8 heteroatoms. The number of nitrogens with zero attached hydrogens (tertiary/aromatic N) is 1. The first-order chi connectivity index (χ1) is 15.4. The number of aromatic hydroxyl groups is 1. The van der Waals surface area contributed by atoms with Gasteiger partial charge in [0.15, 0.2) is 11.5 Å². The Bertz CT molecular complexity index is 1460. The van der Waals surface area contributed by atoms with Crippen LogP contribution in [-0.4, -0.2) is 28.1 Å². The van der Waals surface area contributed by atoms with Gasteiger partial charge in [-0.1, -0.05) is 6.92 Å². The summed E-state index contributed by atoms with van der Waals surface area (Å²) in [6.45, 7) is 2.37. The van der Waals surface area contributed by atoms with E-state index in [9.17, 15) is 19.1 Å². The molecule has 162 valence electrons. The summed E-state index contributed by atoms with van der Waals surface area (Å²) in [5.74, 6) is -1.36. The smallest absolute Gasteiger partial charge is 0.259 e. The van der Waals surface area contributed by atoms with Crippen molar-refractivity contribution < 1.29 is 28.2 Å². The van der Waals surface area contributed by atoms with Crippen molar-refractivity contribution in [3.63, 3.8) is 0 Å². The minimum atomic E-state index is -0.588. The Morgan fingerprint density at radius 3 is 2.59 bits per heavy atom. The molecule has 0 saturated heterocycles. The van der Waals surface area contributed by atoms with Crippen LogP contribution < -0.4 is 10.1 Å². The highest BCUT2D eigenvalue weighted by Crippen LogP contribution is 2.41. The van der Waals surface area contributed by atoms with E-state index in [-0.39, 0.29) is 22.6 Å². The summed E-state index contributed by atoms with van der Waals surface area (Å²) in [4.78, 5) is 25.7. The van der Waals surface area contributed by atoms with Crippen LogP contribution in [0.3, 0.4) is 0 Å². The molecule has 2 N–H and O–H groups in total. The first kappa shape index (κ1) is 19.9.